The van der Waals surface area contributed by atoms with E-state index in [1.54, 1.807) is 6.92 Å². The van der Waals surface area contributed by atoms with Gasteiger partial charge >= 0.3 is 0 Å². The first-order valence-electron chi connectivity index (χ1n) is 6.49. The Morgan fingerprint density at radius 3 is 2.50 bits per heavy atom. The van der Waals surface area contributed by atoms with Crippen LogP contribution in [-0.2, 0) is 0 Å². The molecule has 0 fully saturated rings. The van der Waals surface area contributed by atoms with Crippen LogP contribution in [0.15, 0.2) is 17.1 Å². The number of nitrogens with one attached hydrogen (secondary N) is 2. The third-order valence-electron chi connectivity index (χ3n) is 3.42. The average molecular weight is 250 g/mol. The Kier molecular flexibility index (Phi) is 5.13. The number of aryl methyl sites for hydroxylation is 1. The number of hydrogen-bond acceptors (Lipinski definition) is 2. The van der Waals surface area contributed by atoms with Crippen LogP contribution in [0.2, 0.25) is 0 Å². The molecule has 0 aliphatic carbocycles. The largest absolute Gasteiger partial charge is 0.364 e. The highest BCUT2D eigenvalue weighted by Crippen LogP contribution is 2.12. The van der Waals surface area contributed by atoms with Crippen molar-refractivity contribution < 1.29 is 4.79 Å². The van der Waals surface area contributed by atoms with Gasteiger partial charge in [-0.3, -0.25) is 9.59 Å². The van der Waals surface area contributed by atoms with E-state index in [-0.39, 0.29) is 22.9 Å². The fourth-order valence-corrected chi connectivity index (χ4v) is 2.15. The molecule has 1 amide bonds. The number of carbonyl (C=O) groups excluding carboxylic acids is 1. The smallest absolute Gasteiger partial charge is 0.256 e. The number of rotatable bonds is 5. The van der Waals surface area contributed by atoms with E-state index in [0.717, 1.165) is 18.5 Å². The molecule has 0 saturated heterocycles. The molecule has 1 aromatic heterocycles. The predicted molar refractivity (Wildman–Crippen MR) is 72.8 cm³/mol. The van der Waals surface area contributed by atoms with Crippen molar-refractivity contribution in [3.63, 3.8) is 0 Å². The van der Waals surface area contributed by atoms with Gasteiger partial charge in [0.15, 0.2) is 5.43 Å². The van der Waals surface area contributed by atoms with Gasteiger partial charge in [-0.2, -0.15) is 0 Å². The maximum Gasteiger partial charge on any atom is 0.256 e. The van der Waals surface area contributed by atoms with Crippen molar-refractivity contribution in [1.29, 1.82) is 0 Å². The van der Waals surface area contributed by atoms with Crippen LogP contribution in [0.3, 0.4) is 0 Å². The summed E-state index contributed by atoms with van der Waals surface area (Å²) in [6.07, 6.45) is 3.51. The first-order chi connectivity index (χ1) is 8.49. The first-order valence-corrected chi connectivity index (χ1v) is 6.49. The van der Waals surface area contributed by atoms with Gasteiger partial charge in [-0.1, -0.05) is 26.7 Å². The van der Waals surface area contributed by atoms with Gasteiger partial charge in [-0.15, -0.1) is 0 Å². The maximum absolute atomic E-state index is 12.0. The molecule has 0 spiro atoms. The fraction of sp³-hybridized carbons (Fsp3) is 0.571. The summed E-state index contributed by atoms with van der Waals surface area (Å²) >= 11 is 0. The summed E-state index contributed by atoms with van der Waals surface area (Å²) in [5, 5.41) is 2.90. The molecule has 1 aromatic rings. The average Bonchev–Trinajstić information content (AvgIpc) is 2.30. The van der Waals surface area contributed by atoms with Crippen molar-refractivity contribution in [2.75, 3.05) is 0 Å². The highest BCUT2D eigenvalue weighted by atomic mass is 16.2. The lowest BCUT2D eigenvalue weighted by atomic mass is 9.95. The Hall–Kier alpha value is -1.58. The topological polar surface area (TPSA) is 62.0 Å². The molecule has 0 aliphatic heterocycles. The van der Waals surface area contributed by atoms with Crippen LogP contribution >= 0.6 is 0 Å². The van der Waals surface area contributed by atoms with Crippen LogP contribution in [0.25, 0.3) is 0 Å². The Labute approximate surface area is 108 Å². The Morgan fingerprint density at radius 1 is 1.39 bits per heavy atom. The lowest BCUT2D eigenvalue weighted by Crippen LogP contribution is -2.39. The zero-order valence-electron chi connectivity index (χ0n) is 11.5. The molecule has 1 heterocycles. The highest BCUT2D eigenvalue weighted by Gasteiger charge is 2.18. The molecule has 0 aliphatic rings. The molecule has 18 heavy (non-hydrogen) atoms. The Bertz CT molecular complexity index is 461. The van der Waals surface area contributed by atoms with Crippen LogP contribution in [0, 0.1) is 12.8 Å². The van der Waals surface area contributed by atoms with Crippen LogP contribution in [0.4, 0.5) is 0 Å². The monoisotopic (exact) mass is 250 g/mol. The number of carbonyl (C=O) groups is 1. The fourth-order valence-electron chi connectivity index (χ4n) is 2.15. The van der Waals surface area contributed by atoms with Crippen LogP contribution in [0.1, 0.15) is 49.7 Å². The van der Waals surface area contributed by atoms with Gasteiger partial charge in [0.25, 0.3) is 5.91 Å². The van der Waals surface area contributed by atoms with Crippen LogP contribution in [-0.4, -0.2) is 16.9 Å². The molecule has 0 radical (unpaired) electrons. The molecule has 1 atom stereocenters. The summed E-state index contributed by atoms with van der Waals surface area (Å²) in [6.45, 7) is 7.98. The summed E-state index contributed by atoms with van der Waals surface area (Å²) in [5.41, 5.74) is 0.698. The lowest BCUT2D eigenvalue weighted by Gasteiger charge is -2.22. The van der Waals surface area contributed by atoms with E-state index < -0.39 is 0 Å². The second-order valence-corrected chi connectivity index (χ2v) is 4.73. The molecule has 0 saturated carbocycles. The quantitative estimate of drug-likeness (QED) is 0.841. The van der Waals surface area contributed by atoms with Crippen molar-refractivity contribution in [3.8, 4) is 0 Å². The van der Waals surface area contributed by atoms with Gasteiger partial charge < -0.3 is 10.3 Å². The van der Waals surface area contributed by atoms with Gasteiger partial charge in [0.1, 0.15) is 5.56 Å². The number of aromatic amines is 1. The van der Waals surface area contributed by atoms with E-state index in [1.807, 2.05) is 6.92 Å². The lowest BCUT2D eigenvalue weighted by molar-refractivity contribution is 0.0923. The summed E-state index contributed by atoms with van der Waals surface area (Å²) in [5.74, 6) is 0.147. The standard InChI is InChI=1S/C14H22N2O2/c1-5-11(6-2)10(4)16-14(18)12-8-15-9(3)7-13(12)17/h7-8,10-11H,5-6H2,1-4H3,(H,15,17)(H,16,18). The Morgan fingerprint density at radius 2 is 2.00 bits per heavy atom. The number of aromatic nitrogens is 1. The van der Waals surface area contributed by atoms with Gasteiger partial charge in [0.05, 0.1) is 0 Å². The molecule has 0 aromatic carbocycles. The normalized spacial score (nSPS) is 12.5. The van der Waals surface area contributed by atoms with E-state index in [1.165, 1.54) is 12.3 Å². The van der Waals surface area contributed by atoms with Gasteiger partial charge in [0.2, 0.25) is 0 Å². The minimum absolute atomic E-state index is 0.0770. The van der Waals surface area contributed by atoms with Crippen molar-refractivity contribution in [1.82, 2.24) is 10.3 Å². The zero-order chi connectivity index (χ0) is 13.7. The first kappa shape index (κ1) is 14.5. The number of H-pyrrole nitrogens is 1. The molecular weight excluding hydrogens is 228 g/mol. The summed E-state index contributed by atoms with van der Waals surface area (Å²) in [4.78, 5) is 26.6. The third kappa shape index (κ3) is 3.45. The van der Waals surface area contributed by atoms with E-state index in [2.05, 4.69) is 24.1 Å². The molecule has 2 N–H and O–H groups in total. The second-order valence-electron chi connectivity index (χ2n) is 4.73. The van der Waals surface area contributed by atoms with Gasteiger partial charge in [-0.25, -0.2) is 0 Å². The van der Waals surface area contributed by atoms with Crippen LogP contribution < -0.4 is 10.7 Å². The minimum atomic E-state index is -0.296. The van der Waals surface area contributed by atoms with Crippen molar-refractivity contribution in [2.24, 2.45) is 5.92 Å². The number of hydrogen-bond donors (Lipinski definition) is 2. The maximum atomic E-state index is 12.0. The molecule has 0 bridgehead atoms. The second kappa shape index (κ2) is 6.38. The number of amides is 1. The molecular formula is C14H22N2O2. The van der Waals surface area contributed by atoms with Gasteiger partial charge in [-0.05, 0) is 19.8 Å². The number of pyridine rings is 1. The summed E-state index contributed by atoms with van der Waals surface area (Å²) < 4.78 is 0. The molecule has 4 nitrogen and oxygen atoms in total. The highest BCUT2D eigenvalue weighted by molar-refractivity contribution is 5.93. The molecule has 100 valence electrons. The van der Waals surface area contributed by atoms with E-state index in [0.29, 0.717) is 5.92 Å². The summed E-state index contributed by atoms with van der Waals surface area (Å²) in [6, 6.07) is 1.52. The van der Waals surface area contributed by atoms with Crippen LogP contribution in [0.5, 0.6) is 0 Å². The summed E-state index contributed by atoms with van der Waals surface area (Å²) in [7, 11) is 0. The zero-order valence-corrected chi connectivity index (χ0v) is 11.5. The van der Waals surface area contributed by atoms with Crippen molar-refractivity contribution >= 4 is 5.91 Å². The predicted octanol–water partition coefficient (Wildman–Crippen LogP) is 2.24. The van der Waals surface area contributed by atoms with E-state index >= 15 is 0 Å². The van der Waals surface area contributed by atoms with Gasteiger partial charge in [0, 0.05) is 24.0 Å². The Balaban J connectivity index is 2.79. The SMILES string of the molecule is CCC(CC)C(C)NC(=O)c1c[nH]c(C)cc1=O. The molecule has 4 heteroatoms. The van der Waals surface area contributed by atoms with E-state index in [4.69, 9.17) is 0 Å². The molecule has 1 unspecified atom stereocenters. The molecule has 1 rings (SSSR count). The van der Waals surface area contributed by atoms with Crippen molar-refractivity contribution in [2.45, 2.75) is 46.6 Å². The van der Waals surface area contributed by atoms with E-state index in [9.17, 15) is 9.59 Å². The van der Waals surface area contributed by atoms with Crippen molar-refractivity contribution in [3.05, 3.63) is 33.7 Å². The third-order valence-corrected chi connectivity index (χ3v) is 3.42. The minimum Gasteiger partial charge on any atom is -0.364 e.